The van der Waals surface area contributed by atoms with Gasteiger partial charge in [-0.25, -0.2) is 0 Å². The average molecular weight is 497 g/mol. The molecule has 0 aromatic heterocycles. The maximum Gasteiger partial charge on any atom is 0.293 e. The van der Waals surface area contributed by atoms with Crippen molar-refractivity contribution in [3.8, 4) is 5.75 Å². The molecule has 3 rings (SSSR count). The molecule has 1 saturated heterocycles. The van der Waals surface area contributed by atoms with E-state index in [2.05, 4.69) is 31.9 Å². The lowest BCUT2D eigenvalue weighted by Crippen LogP contribution is -2.22. The number of imide groups is 1. The summed E-state index contributed by atoms with van der Waals surface area (Å²) in [6.45, 7) is 2.50. The van der Waals surface area contributed by atoms with E-state index in [1.165, 1.54) is 12.6 Å². The lowest BCUT2D eigenvalue weighted by Gasteiger charge is -2.12. The van der Waals surface area contributed by atoms with Crippen LogP contribution in [-0.2, 0) is 11.4 Å². The number of nitrogens with zero attached hydrogens (tertiary/aromatic N) is 1. The SMILES string of the molecule is Cc1ccc(COc2c(Br)cc(/C=C3\SC(=O)N(C)C3=O)cc2Br)cc1. The van der Waals surface area contributed by atoms with Gasteiger partial charge >= 0.3 is 0 Å². The molecule has 0 spiro atoms. The summed E-state index contributed by atoms with van der Waals surface area (Å²) in [6, 6.07) is 11.9. The van der Waals surface area contributed by atoms with E-state index in [1.807, 2.05) is 43.3 Å². The first-order chi connectivity index (χ1) is 12.3. The summed E-state index contributed by atoms with van der Waals surface area (Å²) in [4.78, 5) is 25.1. The van der Waals surface area contributed by atoms with Crippen LogP contribution in [0, 0.1) is 6.92 Å². The highest BCUT2D eigenvalue weighted by molar-refractivity contribution is 9.11. The topological polar surface area (TPSA) is 46.6 Å². The van der Waals surface area contributed by atoms with E-state index >= 15 is 0 Å². The number of hydrogen-bond acceptors (Lipinski definition) is 4. The summed E-state index contributed by atoms with van der Waals surface area (Å²) < 4.78 is 7.45. The molecule has 1 aliphatic heterocycles. The van der Waals surface area contributed by atoms with Crippen LogP contribution in [0.3, 0.4) is 0 Å². The van der Waals surface area contributed by atoms with E-state index < -0.39 is 0 Å². The molecule has 0 radical (unpaired) electrons. The highest BCUT2D eigenvalue weighted by Gasteiger charge is 2.31. The molecule has 0 atom stereocenters. The molecule has 0 N–H and O–H groups in total. The zero-order valence-corrected chi connectivity index (χ0v) is 18.1. The third kappa shape index (κ3) is 4.22. The van der Waals surface area contributed by atoms with Crippen LogP contribution in [0.5, 0.6) is 5.75 Å². The maximum absolute atomic E-state index is 12.0. The summed E-state index contributed by atoms with van der Waals surface area (Å²) in [5, 5.41) is -0.266. The van der Waals surface area contributed by atoms with E-state index in [0.29, 0.717) is 17.3 Å². The van der Waals surface area contributed by atoms with Crippen molar-refractivity contribution in [2.24, 2.45) is 0 Å². The van der Waals surface area contributed by atoms with Crippen molar-refractivity contribution >= 4 is 60.8 Å². The Morgan fingerprint density at radius 2 is 1.73 bits per heavy atom. The van der Waals surface area contributed by atoms with Gasteiger partial charge in [0.2, 0.25) is 0 Å². The van der Waals surface area contributed by atoms with E-state index in [1.54, 1.807) is 6.08 Å². The highest BCUT2D eigenvalue weighted by Crippen LogP contribution is 2.37. The Morgan fingerprint density at radius 1 is 1.12 bits per heavy atom. The molecule has 0 bridgehead atoms. The van der Waals surface area contributed by atoms with Gasteiger partial charge in [0.05, 0.1) is 13.9 Å². The summed E-state index contributed by atoms with van der Waals surface area (Å²) in [5.74, 6) is 0.401. The van der Waals surface area contributed by atoms with Crippen molar-refractivity contribution in [1.82, 2.24) is 4.90 Å². The van der Waals surface area contributed by atoms with Gasteiger partial charge in [-0.1, -0.05) is 29.8 Å². The molecule has 2 amide bonds. The van der Waals surface area contributed by atoms with Crippen LogP contribution in [0.2, 0.25) is 0 Å². The number of aryl methyl sites for hydroxylation is 1. The molecular formula is C19H15Br2NO3S. The Balaban J connectivity index is 1.79. The summed E-state index contributed by atoms with van der Waals surface area (Å²) in [6.07, 6.45) is 1.70. The van der Waals surface area contributed by atoms with Gasteiger partial charge in [0.25, 0.3) is 11.1 Å². The normalized spacial score (nSPS) is 15.8. The van der Waals surface area contributed by atoms with Crippen molar-refractivity contribution in [3.05, 3.63) is 66.9 Å². The average Bonchev–Trinajstić information content (AvgIpc) is 2.83. The summed E-state index contributed by atoms with van der Waals surface area (Å²) in [5.41, 5.74) is 3.08. The lowest BCUT2D eigenvalue weighted by atomic mass is 10.1. The van der Waals surface area contributed by atoms with Gasteiger partial charge in [-0.05, 0) is 79.9 Å². The van der Waals surface area contributed by atoms with Crippen molar-refractivity contribution in [2.75, 3.05) is 7.05 Å². The van der Waals surface area contributed by atoms with E-state index in [-0.39, 0.29) is 11.1 Å². The molecule has 2 aromatic rings. The predicted molar refractivity (Wildman–Crippen MR) is 111 cm³/mol. The minimum absolute atomic E-state index is 0.266. The molecule has 0 aliphatic carbocycles. The number of carbonyl (C=O) groups excluding carboxylic acids is 2. The van der Waals surface area contributed by atoms with E-state index in [4.69, 9.17) is 4.74 Å². The van der Waals surface area contributed by atoms with Crippen LogP contribution in [0.25, 0.3) is 6.08 Å². The molecule has 4 nitrogen and oxygen atoms in total. The van der Waals surface area contributed by atoms with Gasteiger partial charge in [0, 0.05) is 7.05 Å². The second-order valence-electron chi connectivity index (χ2n) is 5.83. The van der Waals surface area contributed by atoms with Crippen LogP contribution in [0.1, 0.15) is 16.7 Å². The van der Waals surface area contributed by atoms with Crippen LogP contribution in [-0.4, -0.2) is 23.1 Å². The molecule has 0 saturated carbocycles. The number of thioether (sulfide) groups is 1. The predicted octanol–water partition coefficient (Wildman–Crippen LogP) is 5.77. The molecule has 1 heterocycles. The quantitative estimate of drug-likeness (QED) is 0.504. The number of rotatable bonds is 4. The first kappa shape index (κ1) is 19.2. The van der Waals surface area contributed by atoms with Crippen LogP contribution < -0.4 is 4.74 Å². The Labute approximate surface area is 172 Å². The largest absolute Gasteiger partial charge is 0.487 e. The zero-order valence-electron chi connectivity index (χ0n) is 14.1. The van der Waals surface area contributed by atoms with Crippen LogP contribution in [0.4, 0.5) is 4.79 Å². The zero-order chi connectivity index (χ0) is 18.8. The van der Waals surface area contributed by atoms with Gasteiger partial charge in [0.15, 0.2) is 0 Å². The molecule has 1 aliphatic rings. The monoisotopic (exact) mass is 495 g/mol. The standard InChI is InChI=1S/C19H15Br2NO3S/c1-11-3-5-12(6-4-11)10-25-17-14(20)7-13(8-15(17)21)9-16-18(23)22(2)19(24)26-16/h3-9H,10H2,1-2H3/b16-9-. The molecule has 134 valence electrons. The Kier molecular flexibility index (Phi) is 5.89. The van der Waals surface area contributed by atoms with Crippen molar-refractivity contribution in [2.45, 2.75) is 13.5 Å². The number of benzene rings is 2. The van der Waals surface area contributed by atoms with E-state index in [9.17, 15) is 9.59 Å². The number of amides is 2. The molecule has 26 heavy (non-hydrogen) atoms. The van der Waals surface area contributed by atoms with Gasteiger partial charge in [-0.3, -0.25) is 14.5 Å². The van der Waals surface area contributed by atoms with Gasteiger partial charge in [-0.15, -0.1) is 0 Å². The number of carbonyl (C=O) groups is 2. The fourth-order valence-electron chi connectivity index (χ4n) is 2.34. The second-order valence-corrected chi connectivity index (χ2v) is 8.53. The molecular weight excluding hydrogens is 482 g/mol. The smallest absolute Gasteiger partial charge is 0.293 e. The number of hydrogen-bond donors (Lipinski definition) is 0. The van der Waals surface area contributed by atoms with Crippen molar-refractivity contribution in [3.63, 3.8) is 0 Å². The molecule has 1 fully saturated rings. The number of likely N-dealkylation sites (N-methyl/N-ethyl adjacent to an activating group) is 1. The van der Waals surface area contributed by atoms with Gasteiger partial charge < -0.3 is 4.74 Å². The minimum Gasteiger partial charge on any atom is -0.487 e. The third-order valence-corrected chi connectivity index (χ3v) is 5.95. The van der Waals surface area contributed by atoms with Crippen molar-refractivity contribution < 1.29 is 14.3 Å². The number of ether oxygens (including phenoxy) is 1. The maximum atomic E-state index is 12.0. The summed E-state index contributed by atoms with van der Waals surface area (Å²) in [7, 11) is 1.48. The fraction of sp³-hybridized carbons (Fsp3) is 0.158. The van der Waals surface area contributed by atoms with Crippen molar-refractivity contribution in [1.29, 1.82) is 0 Å². The van der Waals surface area contributed by atoms with E-state index in [0.717, 1.165) is 36.7 Å². The lowest BCUT2D eigenvalue weighted by molar-refractivity contribution is -0.121. The first-order valence-electron chi connectivity index (χ1n) is 7.74. The molecule has 7 heteroatoms. The molecule has 0 unspecified atom stereocenters. The van der Waals surface area contributed by atoms with Crippen LogP contribution >= 0.6 is 43.6 Å². The van der Waals surface area contributed by atoms with Crippen LogP contribution in [0.15, 0.2) is 50.2 Å². The van der Waals surface area contributed by atoms with Gasteiger partial charge in [0.1, 0.15) is 12.4 Å². The minimum atomic E-state index is -0.285. The first-order valence-corrected chi connectivity index (χ1v) is 10.1. The Hall–Kier alpha value is -1.57. The molecule has 2 aromatic carbocycles. The van der Waals surface area contributed by atoms with Gasteiger partial charge in [-0.2, -0.15) is 0 Å². The Bertz CT molecular complexity index is 886. The third-order valence-electron chi connectivity index (χ3n) is 3.81. The summed E-state index contributed by atoms with van der Waals surface area (Å²) >= 11 is 7.97. The Morgan fingerprint density at radius 3 is 2.27 bits per heavy atom. The second kappa shape index (κ2) is 7.98. The fourth-order valence-corrected chi connectivity index (χ4v) is 4.62. The highest BCUT2D eigenvalue weighted by atomic mass is 79.9. The number of halogens is 2.